The van der Waals surface area contributed by atoms with Crippen molar-refractivity contribution < 1.29 is 14.4 Å². The van der Waals surface area contributed by atoms with Crippen LogP contribution in [0.1, 0.15) is 43.2 Å². The van der Waals surface area contributed by atoms with Gasteiger partial charge in [0.15, 0.2) is 0 Å². The van der Waals surface area contributed by atoms with E-state index in [0.717, 1.165) is 61.2 Å². The van der Waals surface area contributed by atoms with Gasteiger partial charge in [-0.3, -0.25) is 14.5 Å². The lowest BCUT2D eigenvalue weighted by Crippen LogP contribution is -2.48. The zero-order valence-electron chi connectivity index (χ0n) is 14.3. The lowest BCUT2D eigenvalue weighted by Gasteiger charge is -2.33. The van der Waals surface area contributed by atoms with Crippen LogP contribution in [0.2, 0.25) is 0 Å². The number of imide groups is 1. The van der Waals surface area contributed by atoms with Gasteiger partial charge in [-0.05, 0) is 49.7 Å². The number of amides is 4. The van der Waals surface area contributed by atoms with Crippen LogP contribution in [-0.4, -0.2) is 47.3 Å². The van der Waals surface area contributed by atoms with Gasteiger partial charge in [-0.1, -0.05) is 24.3 Å². The van der Waals surface area contributed by atoms with Crippen LogP contribution < -0.4 is 5.32 Å². The molecule has 0 bridgehead atoms. The van der Waals surface area contributed by atoms with Crippen molar-refractivity contribution in [3.63, 3.8) is 0 Å². The molecule has 0 unspecified atom stereocenters. The number of nitrogens with zero attached hydrogens (tertiary/aromatic N) is 2. The van der Waals surface area contributed by atoms with Crippen molar-refractivity contribution in [1.29, 1.82) is 0 Å². The summed E-state index contributed by atoms with van der Waals surface area (Å²) >= 11 is 0. The Labute approximate surface area is 147 Å². The summed E-state index contributed by atoms with van der Waals surface area (Å²) < 4.78 is 0. The predicted octanol–water partition coefficient (Wildman–Crippen LogP) is 1.78. The van der Waals surface area contributed by atoms with Crippen LogP contribution in [0.25, 0.3) is 0 Å². The average Bonchev–Trinajstić information content (AvgIpc) is 2.88. The van der Waals surface area contributed by atoms with Crippen molar-refractivity contribution in [3.8, 4) is 0 Å². The van der Waals surface area contributed by atoms with Crippen molar-refractivity contribution >= 4 is 17.8 Å². The zero-order valence-corrected chi connectivity index (χ0v) is 14.3. The highest BCUT2D eigenvalue weighted by atomic mass is 16.2. The van der Waals surface area contributed by atoms with Crippen molar-refractivity contribution in [3.05, 3.63) is 35.4 Å². The molecular formula is C19H23N3O3. The van der Waals surface area contributed by atoms with E-state index >= 15 is 0 Å². The highest BCUT2D eigenvalue weighted by Gasteiger charge is 2.54. The first-order valence-electron chi connectivity index (χ1n) is 9.12. The fraction of sp³-hybridized carbons (Fsp3) is 0.526. The number of urea groups is 1. The molecule has 1 atom stereocenters. The van der Waals surface area contributed by atoms with Crippen LogP contribution in [-0.2, 0) is 21.5 Å². The summed E-state index contributed by atoms with van der Waals surface area (Å²) in [7, 11) is 0. The summed E-state index contributed by atoms with van der Waals surface area (Å²) in [5.41, 5.74) is 0.993. The number of rotatable bonds is 2. The molecule has 6 heteroatoms. The average molecular weight is 341 g/mol. The van der Waals surface area contributed by atoms with Crippen LogP contribution >= 0.6 is 0 Å². The van der Waals surface area contributed by atoms with E-state index in [0.29, 0.717) is 6.42 Å². The minimum Gasteiger partial charge on any atom is -0.341 e. The van der Waals surface area contributed by atoms with E-state index in [1.165, 1.54) is 0 Å². The van der Waals surface area contributed by atoms with Crippen molar-refractivity contribution in [2.24, 2.45) is 0 Å². The van der Waals surface area contributed by atoms with Gasteiger partial charge in [0.2, 0.25) is 5.91 Å². The van der Waals surface area contributed by atoms with E-state index in [9.17, 15) is 14.4 Å². The normalized spacial score (nSPS) is 25.9. The number of piperidine rings is 1. The fourth-order valence-electron chi connectivity index (χ4n) is 4.33. The molecule has 4 rings (SSSR count). The van der Waals surface area contributed by atoms with Gasteiger partial charge in [-0.25, -0.2) is 4.79 Å². The summed E-state index contributed by atoms with van der Waals surface area (Å²) in [4.78, 5) is 41.0. The molecule has 0 aromatic heterocycles. The van der Waals surface area contributed by atoms with Gasteiger partial charge in [-0.2, -0.15) is 0 Å². The van der Waals surface area contributed by atoms with Gasteiger partial charge >= 0.3 is 6.03 Å². The molecule has 0 radical (unpaired) electrons. The van der Waals surface area contributed by atoms with Crippen LogP contribution in [0.5, 0.6) is 0 Å². The lowest BCUT2D eigenvalue weighted by molar-refractivity contribution is -0.140. The quantitative estimate of drug-likeness (QED) is 0.834. The van der Waals surface area contributed by atoms with E-state index in [4.69, 9.17) is 0 Å². The van der Waals surface area contributed by atoms with E-state index in [1.54, 1.807) is 4.90 Å². The highest BCUT2D eigenvalue weighted by molar-refractivity contribution is 6.09. The summed E-state index contributed by atoms with van der Waals surface area (Å²) in [6.07, 6.45) is 5.45. The zero-order chi connectivity index (χ0) is 17.4. The Balaban J connectivity index is 1.58. The third-order valence-corrected chi connectivity index (χ3v) is 5.65. The number of carbonyl (C=O) groups is 3. The Morgan fingerprint density at radius 1 is 1.08 bits per heavy atom. The molecule has 1 spiro atoms. The van der Waals surface area contributed by atoms with Gasteiger partial charge in [0.05, 0.1) is 0 Å². The maximum Gasteiger partial charge on any atom is 0.325 e. The van der Waals surface area contributed by atoms with Gasteiger partial charge in [-0.15, -0.1) is 0 Å². The fourth-order valence-corrected chi connectivity index (χ4v) is 4.33. The second kappa shape index (κ2) is 6.17. The molecule has 25 heavy (non-hydrogen) atoms. The smallest absolute Gasteiger partial charge is 0.325 e. The Morgan fingerprint density at radius 3 is 2.64 bits per heavy atom. The Kier molecular flexibility index (Phi) is 3.98. The lowest BCUT2D eigenvalue weighted by atomic mass is 9.76. The molecule has 132 valence electrons. The number of likely N-dealkylation sites (tertiary alicyclic amines) is 1. The third kappa shape index (κ3) is 2.60. The number of hydrogen-bond donors (Lipinski definition) is 1. The number of hydrogen-bond acceptors (Lipinski definition) is 3. The van der Waals surface area contributed by atoms with Crippen LogP contribution in [0.3, 0.4) is 0 Å². The monoisotopic (exact) mass is 341 g/mol. The largest absolute Gasteiger partial charge is 0.341 e. The Hall–Kier alpha value is -2.37. The van der Waals surface area contributed by atoms with Crippen LogP contribution in [0.4, 0.5) is 4.79 Å². The minimum absolute atomic E-state index is 0.135. The highest BCUT2D eigenvalue weighted by Crippen LogP contribution is 2.39. The SMILES string of the molecule is O=C(CN1C(=O)N[C@@]2(CCCc3ccccc32)C1=O)N1CCCCC1. The molecule has 2 heterocycles. The summed E-state index contributed by atoms with van der Waals surface area (Å²) in [5.74, 6) is -0.417. The topological polar surface area (TPSA) is 69.7 Å². The molecule has 2 fully saturated rings. The molecule has 3 aliphatic rings. The summed E-state index contributed by atoms with van der Waals surface area (Å²) in [6, 6.07) is 7.33. The Bertz CT molecular complexity index is 726. The first-order valence-corrected chi connectivity index (χ1v) is 9.12. The molecule has 0 saturated carbocycles. The van der Waals surface area contributed by atoms with Gasteiger partial charge in [0.1, 0.15) is 12.1 Å². The van der Waals surface area contributed by atoms with E-state index in [1.807, 2.05) is 24.3 Å². The van der Waals surface area contributed by atoms with Crippen molar-refractivity contribution in [2.45, 2.75) is 44.1 Å². The first-order chi connectivity index (χ1) is 12.1. The van der Waals surface area contributed by atoms with E-state index < -0.39 is 11.6 Å². The number of benzene rings is 1. The maximum absolute atomic E-state index is 13.1. The summed E-state index contributed by atoms with van der Waals surface area (Å²) in [5, 5.41) is 2.90. The molecule has 6 nitrogen and oxygen atoms in total. The second-order valence-corrected chi connectivity index (χ2v) is 7.18. The Morgan fingerprint density at radius 2 is 1.84 bits per heavy atom. The molecular weight excluding hydrogens is 318 g/mol. The van der Waals surface area contributed by atoms with Crippen LogP contribution in [0.15, 0.2) is 24.3 Å². The molecule has 1 N–H and O–H groups in total. The molecule has 2 aliphatic heterocycles. The number of fused-ring (bicyclic) bond motifs is 2. The summed E-state index contributed by atoms with van der Waals surface area (Å²) in [6.45, 7) is 1.28. The molecule has 1 aliphatic carbocycles. The standard InChI is InChI=1S/C19H23N3O3/c23-16(21-11-4-1-5-12-21)13-22-17(24)19(20-18(22)25)10-6-8-14-7-2-3-9-15(14)19/h2-3,7,9H,1,4-6,8,10-13H2,(H,20,25)/t19-/m1/s1. The maximum atomic E-state index is 13.1. The predicted molar refractivity (Wildman–Crippen MR) is 91.7 cm³/mol. The van der Waals surface area contributed by atoms with Gasteiger partial charge in [0.25, 0.3) is 5.91 Å². The second-order valence-electron chi connectivity index (χ2n) is 7.18. The van der Waals surface area contributed by atoms with Crippen molar-refractivity contribution in [2.75, 3.05) is 19.6 Å². The van der Waals surface area contributed by atoms with E-state index in [2.05, 4.69) is 5.32 Å². The first kappa shape index (κ1) is 16.1. The van der Waals surface area contributed by atoms with Gasteiger partial charge < -0.3 is 10.2 Å². The number of nitrogens with one attached hydrogen (secondary N) is 1. The molecule has 1 aromatic carbocycles. The number of carbonyl (C=O) groups excluding carboxylic acids is 3. The van der Waals surface area contributed by atoms with Crippen molar-refractivity contribution in [1.82, 2.24) is 15.1 Å². The molecule has 1 aromatic rings. The van der Waals surface area contributed by atoms with Crippen LogP contribution in [0, 0.1) is 0 Å². The van der Waals surface area contributed by atoms with E-state index in [-0.39, 0.29) is 18.4 Å². The van der Waals surface area contributed by atoms with Gasteiger partial charge in [0, 0.05) is 13.1 Å². The minimum atomic E-state index is -0.992. The molecule has 2 saturated heterocycles. The number of aryl methyl sites for hydroxylation is 1. The molecule has 4 amide bonds. The third-order valence-electron chi connectivity index (χ3n) is 5.65.